The quantitative estimate of drug-likeness (QED) is 0.576. The molecule has 1 N–H and O–H groups in total. The third-order valence-corrected chi connectivity index (χ3v) is 4.84. The Morgan fingerprint density at radius 2 is 1.82 bits per heavy atom. The lowest BCUT2D eigenvalue weighted by Crippen LogP contribution is -2.07. The maximum Gasteiger partial charge on any atom is 0.114 e. The van der Waals surface area contributed by atoms with Crippen LogP contribution >= 0.6 is 0 Å². The van der Waals surface area contributed by atoms with Gasteiger partial charge in [-0.2, -0.15) is 15.3 Å². The molecule has 0 fully saturated rings. The third-order valence-electron chi connectivity index (χ3n) is 4.84. The van der Waals surface area contributed by atoms with Gasteiger partial charge in [0, 0.05) is 50.2 Å². The van der Waals surface area contributed by atoms with Crippen LogP contribution in [0.2, 0.25) is 0 Å². The highest BCUT2D eigenvalue weighted by atomic mass is 15.3. The second-order valence-corrected chi connectivity index (χ2v) is 7.55. The number of hydrogen-bond donors (Lipinski definition) is 1. The predicted octanol–water partition coefficient (Wildman–Crippen LogP) is 3.38. The molecule has 0 aliphatic carbocycles. The fourth-order valence-electron chi connectivity index (χ4n) is 3.54. The first-order chi connectivity index (χ1) is 13.3. The van der Waals surface area contributed by atoms with E-state index in [2.05, 4.69) is 35.4 Å². The number of hydrogen-bond acceptors (Lipinski definition) is 5. The van der Waals surface area contributed by atoms with Crippen molar-refractivity contribution in [2.75, 3.05) is 5.32 Å². The summed E-state index contributed by atoms with van der Waals surface area (Å²) in [5.41, 5.74) is 7.91. The Hall–Kier alpha value is -3.16. The molecule has 4 aromatic rings. The predicted molar refractivity (Wildman–Crippen MR) is 110 cm³/mol. The molecule has 0 atom stereocenters. The van der Waals surface area contributed by atoms with E-state index in [0.29, 0.717) is 6.54 Å². The van der Waals surface area contributed by atoms with Crippen molar-refractivity contribution >= 4 is 16.7 Å². The molecule has 0 aromatic carbocycles. The summed E-state index contributed by atoms with van der Waals surface area (Å²) in [7, 11) is 3.85. The summed E-state index contributed by atoms with van der Waals surface area (Å²) in [4.78, 5) is 4.95. The van der Waals surface area contributed by atoms with Crippen molar-refractivity contribution in [1.29, 1.82) is 0 Å². The van der Waals surface area contributed by atoms with Gasteiger partial charge in [0.1, 0.15) is 11.0 Å². The standard InChI is InChI=1S/C20H26N8/c1-12(2)28-20-18(21-8-15-9-22-26(5)10-15)7-17(23-19(20)14(4)25-28)16-11-27(6)24-13(16)3/h7,9-12H,8H2,1-6H3,(H,21,23). The number of nitrogens with zero attached hydrogens (tertiary/aromatic N) is 7. The van der Waals surface area contributed by atoms with Crippen molar-refractivity contribution in [2.45, 2.75) is 40.3 Å². The summed E-state index contributed by atoms with van der Waals surface area (Å²) in [5, 5.41) is 17.1. The Labute approximate surface area is 164 Å². The minimum Gasteiger partial charge on any atom is -0.379 e. The minimum atomic E-state index is 0.239. The van der Waals surface area contributed by atoms with Crippen LogP contribution in [0.4, 0.5) is 5.69 Å². The molecule has 4 heterocycles. The fourth-order valence-corrected chi connectivity index (χ4v) is 3.54. The first-order valence-corrected chi connectivity index (χ1v) is 9.45. The van der Waals surface area contributed by atoms with Crippen LogP contribution in [0.25, 0.3) is 22.3 Å². The van der Waals surface area contributed by atoms with Gasteiger partial charge in [-0.3, -0.25) is 14.0 Å². The lowest BCUT2D eigenvalue weighted by atomic mass is 10.1. The van der Waals surface area contributed by atoms with Crippen LogP contribution in [-0.4, -0.2) is 34.3 Å². The number of anilines is 1. The summed E-state index contributed by atoms with van der Waals surface area (Å²) >= 11 is 0. The van der Waals surface area contributed by atoms with Crippen LogP contribution in [-0.2, 0) is 20.6 Å². The van der Waals surface area contributed by atoms with Gasteiger partial charge in [-0.05, 0) is 33.8 Å². The second-order valence-electron chi connectivity index (χ2n) is 7.55. The van der Waals surface area contributed by atoms with E-state index in [1.54, 1.807) is 0 Å². The van der Waals surface area contributed by atoms with E-state index in [-0.39, 0.29) is 6.04 Å². The van der Waals surface area contributed by atoms with E-state index in [4.69, 9.17) is 10.1 Å². The molecule has 0 saturated heterocycles. The smallest absolute Gasteiger partial charge is 0.114 e. The molecule has 0 spiro atoms. The van der Waals surface area contributed by atoms with E-state index in [1.165, 1.54) is 0 Å². The minimum absolute atomic E-state index is 0.239. The molecule has 0 amide bonds. The average Bonchev–Trinajstić information content (AvgIpc) is 3.30. The average molecular weight is 378 g/mol. The summed E-state index contributed by atoms with van der Waals surface area (Å²) in [5.74, 6) is 0. The van der Waals surface area contributed by atoms with Crippen LogP contribution in [0.5, 0.6) is 0 Å². The lowest BCUT2D eigenvalue weighted by molar-refractivity contribution is 0.547. The van der Waals surface area contributed by atoms with E-state index in [1.807, 2.05) is 60.6 Å². The van der Waals surface area contributed by atoms with Crippen molar-refractivity contribution in [3.05, 3.63) is 41.6 Å². The summed E-state index contributed by atoms with van der Waals surface area (Å²) in [6.07, 6.45) is 5.90. The number of aryl methyl sites for hydroxylation is 4. The topological polar surface area (TPSA) is 78.4 Å². The van der Waals surface area contributed by atoms with Crippen molar-refractivity contribution in [3.8, 4) is 11.3 Å². The van der Waals surface area contributed by atoms with Gasteiger partial charge in [0.25, 0.3) is 0 Å². The maximum absolute atomic E-state index is 4.95. The van der Waals surface area contributed by atoms with Gasteiger partial charge in [0.15, 0.2) is 0 Å². The number of pyridine rings is 1. The Morgan fingerprint density at radius 1 is 1.04 bits per heavy atom. The first kappa shape index (κ1) is 18.2. The molecular formula is C20H26N8. The van der Waals surface area contributed by atoms with Gasteiger partial charge in [-0.25, -0.2) is 4.98 Å². The monoisotopic (exact) mass is 378 g/mol. The van der Waals surface area contributed by atoms with Crippen LogP contribution in [0.15, 0.2) is 24.7 Å². The lowest BCUT2D eigenvalue weighted by Gasteiger charge is -2.13. The molecule has 0 aliphatic heterocycles. The van der Waals surface area contributed by atoms with E-state index in [0.717, 1.165) is 44.9 Å². The molecule has 8 nitrogen and oxygen atoms in total. The van der Waals surface area contributed by atoms with Crippen molar-refractivity contribution in [1.82, 2.24) is 34.3 Å². The van der Waals surface area contributed by atoms with Crippen molar-refractivity contribution in [3.63, 3.8) is 0 Å². The number of nitrogens with one attached hydrogen (secondary N) is 1. The fraction of sp³-hybridized carbons (Fsp3) is 0.400. The second kappa shape index (κ2) is 6.78. The van der Waals surface area contributed by atoms with Gasteiger partial charge >= 0.3 is 0 Å². The molecule has 0 bridgehead atoms. The zero-order valence-corrected chi connectivity index (χ0v) is 17.2. The normalized spacial score (nSPS) is 11.7. The highest BCUT2D eigenvalue weighted by molar-refractivity contribution is 5.92. The van der Waals surface area contributed by atoms with Gasteiger partial charge < -0.3 is 5.32 Å². The molecule has 0 unspecified atom stereocenters. The summed E-state index contributed by atoms with van der Waals surface area (Å²) < 4.78 is 5.68. The molecule has 0 radical (unpaired) electrons. The van der Waals surface area contributed by atoms with Crippen LogP contribution in [0.3, 0.4) is 0 Å². The number of aromatic nitrogens is 7. The molecule has 146 valence electrons. The summed E-state index contributed by atoms with van der Waals surface area (Å²) in [6, 6.07) is 2.34. The Kier molecular flexibility index (Phi) is 4.41. The number of rotatable bonds is 5. The van der Waals surface area contributed by atoms with Crippen molar-refractivity contribution < 1.29 is 0 Å². The zero-order chi connectivity index (χ0) is 20.0. The number of fused-ring (bicyclic) bond motifs is 1. The van der Waals surface area contributed by atoms with Gasteiger partial charge in [0.2, 0.25) is 0 Å². The van der Waals surface area contributed by atoms with Crippen LogP contribution < -0.4 is 5.32 Å². The summed E-state index contributed by atoms with van der Waals surface area (Å²) in [6.45, 7) is 8.97. The van der Waals surface area contributed by atoms with Crippen molar-refractivity contribution in [2.24, 2.45) is 14.1 Å². The van der Waals surface area contributed by atoms with Gasteiger partial charge in [-0.1, -0.05) is 0 Å². The van der Waals surface area contributed by atoms with Gasteiger partial charge in [-0.15, -0.1) is 0 Å². The molecule has 0 aliphatic rings. The van der Waals surface area contributed by atoms with Gasteiger partial charge in [0.05, 0.1) is 29.0 Å². The highest BCUT2D eigenvalue weighted by Gasteiger charge is 2.19. The molecule has 8 heteroatoms. The SMILES string of the molecule is Cc1nn(C)cc1-c1cc(NCc2cnn(C)c2)c2c(n1)c(C)nn2C(C)C. The molecule has 28 heavy (non-hydrogen) atoms. The maximum atomic E-state index is 4.95. The zero-order valence-electron chi connectivity index (χ0n) is 17.2. The van der Waals surface area contributed by atoms with E-state index < -0.39 is 0 Å². The Balaban J connectivity index is 1.86. The third kappa shape index (κ3) is 3.15. The molecular weight excluding hydrogens is 352 g/mol. The Bertz CT molecular complexity index is 1140. The first-order valence-electron chi connectivity index (χ1n) is 9.45. The molecule has 4 rings (SSSR count). The Morgan fingerprint density at radius 3 is 2.43 bits per heavy atom. The molecule has 4 aromatic heterocycles. The van der Waals surface area contributed by atoms with E-state index in [9.17, 15) is 0 Å². The van der Waals surface area contributed by atoms with Crippen LogP contribution in [0.1, 0.15) is 36.8 Å². The van der Waals surface area contributed by atoms with Crippen LogP contribution in [0, 0.1) is 13.8 Å². The largest absolute Gasteiger partial charge is 0.379 e. The van der Waals surface area contributed by atoms with E-state index >= 15 is 0 Å². The molecule has 0 saturated carbocycles. The highest BCUT2D eigenvalue weighted by Crippen LogP contribution is 2.32.